The van der Waals surface area contributed by atoms with Crippen molar-refractivity contribution in [1.29, 1.82) is 5.26 Å². The van der Waals surface area contributed by atoms with E-state index in [1.165, 1.54) is 0 Å². The first kappa shape index (κ1) is 21.4. The quantitative estimate of drug-likeness (QED) is 0.791. The Balaban J connectivity index is 2.00. The first-order valence-electron chi connectivity index (χ1n) is 9.90. The van der Waals surface area contributed by atoms with E-state index < -0.39 is 28.7 Å². The van der Waals surface area contributed by atoms with E-state index in [0.29, 0.717) is 24.3 Å². The van der Waals surface area contributed by atoms with Crippen molar-refractivity contribution < 1.29 is 14.3 Å². The number of nitrogens with one attached hydrogen (secondary N) is 1. The van der Waals surface area contributed by atoms with Gasteiger partial charge in [-0.1, -0.05) is 29.8 Å². The predicted molar refractivity (Wildman–Crippen MR) is 110 cm³/mol. The molecule has 29 heavy (non-hydrogen) atoms. The average Bonchev–Trinajstić information content (AvgIpc) is 3.11. The summed E-state index contributed by atoms with van der Waals surface area (Å²) in [6, 6.07) is 8.86. The molecule has 6 nitrogen and oxygen atoms in total. The first-order chi connectivity index (χ1) is 13.4. The monoisotopic (exact) mass is 417 g/mol. The van der Waals surface area contributed by atoms with E-state index in [1.807, 2.05) is 38.1 Å². The Bertz CT molecular complexity index is 871. The second kappa shape index (κ2) is 7.21. The lowest BCUT2D eigenvalue weighted by Crippen LogP contribution is -2.50. The number of rotatable bonds is 3. The molecule has 2 heterocycles. The molecule has 0 aromatic heterocycles. The van der Waals surface area contributed by atoms with E-state index in [4.69, 9.17) is 16.3 Å². The highest BCUT2D eigenvalue weighted by Crippen LogP contribution is 2.54. The van der Waals surface area contributed by atoms with Crippen LogP contribution in [0.3, 0.4) is 0 Å². The van der Waals surface area contributed by atoms with E-state index in [0.717, 1.165) is 5.56 Å². The molecule has 0 spiro atoms. The molecule has 2 amide bonds. The summed E-state index contributed by atoms with van der Waals surface area (Å²) in [5.74, 6) is -0.193. The number of carbonyl (C=O) groups is 2. The second-order valence-electron chi connectivity index (χ2n) is 9.51. The summed E-state index contributed by atoms with van der Waals surface area (Å²) in [6.07, 6.45) is 1.16. The van der Waals surface area contributed by atoms with Gasteiger partial charge in [-0.2, -0.15) is 5.26 Å². The van der Waals surface area contributed by atoms with Gasteiger partial charge < -0.3 is 15.0 Å². The number of fused-ring (bicyclic) bond motifs is 1. The van der Waals surface area contributed by atoms with Crippen LogP contribution in [0.1, 0.15) is 59.4 Å². The smallest absolute Gasteiger partial charge is 0.408 e. The summed E-state index contributed by atoms with van der Waals surface area (Å²) in [7, 11) is 0. The van der Waals surface area contributed by atoms with Gasteiger partial charge in [0.15, 0.2) is 0 Å². The number of carbonyl (C=O) groups excluding carboxylic acids is 2. The summed E-state index contributed by atoms with van der Waals surface area (Å²) in [6.45, 7) is 9.03. The van der Waals surface area contributed by atoms with Gasteiger partial charge in [-0.15, -0.1) is 0 Å². The van der Waals surface area contributed by atoms with Crippen molar-refractivity contribution in [3.8, 4) is 6.07 Å². The van der Waals surface area contributed by atoms with Crippen LogP contribution in [0, 0.1) is 16.7 Å². The fraction of sp³-hybridized carbons (Fsp3) is 0.591. The highest BCUT2D eigenvalue weighted by Gasteiger charge is 2.61. The van der Waals surface area contributed by atoms with E-state index in [-0.39, 0.29) is 11.9 Å². The third-order valence-electron chi connectivity index (χ3n) is 5.87. The Morgan fingerprint density at radius 2 is 1.97 bits per heavy atom. The average molecular weight is 418 g/mol. The maximum Gasteiger partial charge on any atom is 0.408 e. The maximum absolute atomic E-state index is 13.5. The highest BCUT2D eigenvalue weighted by molar-refractivity contribution is 6.31. The van der Waals surface area contributed by atoms with Crippen LogP contribution >= 0.6 is 11.6 Å². The number of alkyl carbamates (subject to hydrolysis) is 1. The largest absolute Gasteiger partial charge is 0.444 e. The summed E-state index contributed by atoms with van der Waals surface area (Å²) >= 11 is 6.53. The number of nitriles is 1. The molecule has 2 saturated heterocycles. The molecular formula is C22H28ClN3O3. The second-order valence-corrected chi connectivity index (χ2v) is 9.92. The third kappa shape index (κ3) is 3.81. The zero-order valence-corrected chi connectivity index (χ0v) is 18.3. The molecule has 0 bridgehead atoms. The Hall–Kier alpha value is -2.26. The maximum atomic E-state index is 13.5. The summed E-state index contributed by atoms with van der Waals surface area (Å²) in [5.41, 5.74) is -1.17. The lowest BCUT2D eigenvalue weighted by atomic mass is 9.83. The van der Waals surface area contributed by atoms with E-state index in [2.05, 4.69) is 11.4 Å². The molecule has 1 aromatic carbocycles. The van der Waals surface area contributed by atoms with Gasteiger partial charge in [0.2, 0.25) is 5.91 Å². The molecular weight excluding hydrogens is 390 g/mol. The number of hydrogen-bond donors (Lipinski definition) is 1. The fourth-order valence-electron chi connectivity index (χ4n) is 4.61. The van der Waals surface area contributed by atoms with E-state index >= 15 is 0 Å². The zero-order valence-electron chi connectivity index (χ0n) is 17.6. The van der Waals surface area contributed by atoms with Crippen LogP contribution in [-0.4, -0.2) is 34.6 Å². The molecule has 0 unspecified atom stereocenters. The van der Waals surface area contributed by atoms with Crippen LogP contribution in [0.5, 0.6) is 0 Å². The van der Waals surface area contributed by atoms with Gasteiger partial charge in [-0.3, -0.25) is 4.79 Å². The van der Waals surface area contributed by atoms with Crippen LogP contribution in [0.15, 0.2) is 24.3 Å². The van der Waals surface area contributed by atoms with E-state index in [1.54, 1.807) is 25.7 Å². The van der Waals surface area contributed by atoms with Crippen molar-refractivity contribution >= 4 is 23.6 Å². The van der Waals surface area contributed by atoms with Crippen molar-refractivity contribution in [2.75, 3.05) is 0 Å². The summed E-state index contributed by atoms with van der Waals surface area (Å²) in [5, 5.41) is 13.0. The van der Waals surface area contributed by atoms with Crippen LogP contribution < -0.4 is 5.32 Å². The zero-order chi connectivity index (χ0) is 21.6. The molecule has 0 aliphatic carbocycles. The minimum atomic E-state index is -0.724. The van der Waals surface area contributed by atoms with Crippen molar-refractivity contribution in [2.45, 2.75) is 77.1 Å². The lowest BCUT2D eigenvalue weighted by molar-refractivity contribution is -0.135. The van der Waals surface area contributed by atoms with Crippen LogP contribution in [-0.2, 0) is 15.1 Å². The third-order valence-corrected chi connectivity index (χ3v) is 6.20. The van der Waals surface area contributed by atoms with E-state index in [9.17, 15) is 14.9 Å². The van der Waals surface area contributed by atoms with Gasteiger partial charge in [0, 0.05) is 11.4 Å². The van der Waals surface area contributed by atoms with Crippen LogP contribution in [0.2, 0.25) is 5.02 Å². The molecule has 2 fully saturated rings. The highest BCUT2D eigenvalue weighted by atomic mass is 35.5. The Morgan fingerprint density at radius 1 is 1.31 bits per heavy atom. The van der Waals surface area contributed by atoms with Crippen molar-refractivity contribution in [2.24, 2.45) is 5.41 Å². The number of hydrogen-bond acceptors (Lipinski definition) is 4. The lowest BCUT2D eigenvalue weighted by Gasteiger charge is -2.39. The summed E-state index contributed by atoms with van der Waals surface area (Å²) < 4.78 is 5.35. The minimum Gasteiger partial charge on any atom is -0.444 e. The van der Waals surface area contributed by atoms with Crippen molar-refractivity contribution in [3.63, 3.8) is 0 Å². The Labute approximate surface area is 177 Å². The topological polar surface area (TPSA) is 82.4 Å². The van der Waals surface area contributed by atoms with Crippen LogP contribution in [0.25, 0.3) is 0 Å². The van der Waals surface area contributed by atoms with Gasteiger partial charge in [0.05, 0.1) is 23.1 Å². The van der Waals surface area contributed by atoms with Crippen LogP contribution in [0.4, 0.5) is 4.79 Å². The van der Waals surface area contributed by atoms with Gasteiger partial charge in [0.25, 0.3) is 0 Å². The number of ether oxygens (including phenoxy) is 1. The van der Waals surface area contributed by atoms with Gasteiger partial charge in [-0.05, 0) is 59.1 Å². The first-order valence-corrected chi connectivity index (χ1v) is 10.3. The van der Waals surface area contributed by atoms with Gasteiger partial charge in [0.1, 0.15) is 11.6 Å². The molecule has 0 radical (unpaired) electrons. The number of amides is 2. The molecule has 156 valence electrons. The normalized spacial score (nSPS) is 26.8. The standard InChI is InChI=1S/C22H28ClN3O3/c1-20(2,3)29-19(28)25-16-12-22(14-8-6-7-9-15(14)23)11-10-17(21(4,5)13-24)26(22)18(16)27/h6-9,16-17H,10-12H2,1-5H3,(H,25,28)/t16-,17+,22+/m0/s1. The number of benzene rings is 1. The Kier molecular flexibility index (Phi) is 5.33. The molecule has 7 heteroatoms. The molecule has 3 rings (SSSR count). The molecule has 2 aliphatic heterocycles. The Morgan fingerprint density at radius 3 is 2.55 bits per heavy atom. The molecule has 1 N–H and O–H groups in total. The van der Waals surface area contributed by atoms with Crippen molar-refractivity contribution in [3.05, 3.63) is 34.9 Å². The van der Waals surface area contributed by atoms with Crippen molar-refractivity contribution in [1.82, 2.24) is 10.2 Å². The predicted octanol–water partition coefficient (Wildman–Crippen LogP) is 4.37. The molecule has 3 atom stereocenters. The molecule has 2 aliphatic rings. The molecule has 1 aromatic rings. The van der Waals surface area contributed by atoms with Gasteiger partial charge in [-0.25, -0.2) is 4.79 Å². The SMILES string of the molecule is CC(C)(C)OC(=O)N[C@H]1C[C@@]2(c3ccccc3Cl)CC[C@H](C(C)(C)C#N)N2C1=O. The number of nitrogens with zero attached hydrogens (tertiary/aromatic N) is 2. The minimum absolute atomic E-state index is 0.193. The number of halogens is 1. The van der Waals surface area contributed by atoms with Gasteiger partial charge >= 0.3 is 6.09 Å². The summed E-state index contributed by atoms with van der Waals surface area (Å²) in [4.78, 5) is 27.6. The fourth-order valence-corrected chi connectivity index (χ4v) is 4.93. The molecule has 0 saturated carbocycles.